The maximum Gasteiger partial charge on any atom is 0.315 e. The number of aliphatic hydroxyl groups is 2. The summed E-state index contributed by atoms with van der Waals surface area (Å²) in [5.41, 5.74) is 55.5. The number of aliphatic hydroxyl groups excluding tert-OH is 2. The minimum Gasteiger partial charge on any atom is -0.394 e. The van der Waals surface area contributed by atoms with Crippen LogP contribution in [0.5, 0.6) is 0 Å². The van der Waals surface area contributed by atoms with Crippen LogP contribution in [-0.2, 0) is 57.5 Å². The maximum absolute atomic E-state index is 14.7. The van der Waals surface area contributed by atoms with Crippen LogP contribution in [0.3, 0.4) is 0 Å². The van der Waals surface area contributed by atoms with Crippen LogP contribution in [0.4, 0.5) is 4.79 Å². The van der Waals surface area contributed by atoms with Gasteiger partial charge in [-0.25, -0.2) is 4.79 Å². The van der Waals surface area contributed by atoms with Gasteiger partial charge in [-0.3, -0.25) is 77.5 Å². The zero-order chi connectivity index (χ0) is 80.5. The van der Waals surface area contributed by atoms with Crippen molar-refractivity contribution >= 4 is 113 Å². The predicted molar refractivity (Wildman–Crippen MR) is 401 cm³/mol. The Morgan fingerprint density at radius 1 is 0.411 bits per heavy atom. The molecule has 0 spiro atoms. The maximum atomic E-state index is 14.7. The number of thioether (sulfide) groups is 1. The van der Waals surface area contributed by atoms with E-state index in [4.69, 9.17) is 57.3 Å². The fourth-order valence-electron chi connectivity index (χ4n) is 11.2. The molecule has 2 rings (SSSR count). The molecule has 0 aromatic rings. The molecule has 14 atom stereocenters. The lowest BCUT2D eigenvalue weighted by Gasteiger charge is -2.28. The fourth-order valence-corrected chi connectivity index (χ4v) is 12.7. The number of rotatable bonds is 53. The van der Waals surface area contributed by atoms with Crippen molar-refractivity contribution in [3.05, 3.63) is 0 Å². The summed E-state index contributed by atoms with van der Waals surface area (Å²) < 4.78 is 0. The number of urea groups is 1. The monoisotopic (exact) mass is 1540 g/mol. The number of nitrogens with one attached hydrogen (secondary N) is 13. The Balaban J connectivity index is 2.45. The molecule has 0 aromatic heterocycles. The van der Waals surface area contributed by atoms with Crippen molar-refractivity contribution < 1.29 is 72.5 Å². The molecular formula is C64H119N27O15S. The van der Waals surface area contributed by atoms with Crippen LogP contribution >= 0.6 is 11.8 Å². The Morgan fingerprint density at radius 3 is 1.08 bits per heavy atom. The molecule has 42 nitrogen and oxygen atoms in total. The minimum atomic E-state index is -1.85. The number of hydrogen-bond acceptors (Lipinski definition) is 21. The van der Waals surface area contributed by atoms with Gasteiger partial charge in [0.1, 0.15) is 66.5 Å². The molecule has 107 heavy (non-hydrogen) atoms. The summed E-state index contributed by atoms with van der Waals surface area (Å²) in [5.74, 6) is -11.6. The molecule has 2 aliphatic rings. The smallest absolute Gasteiger partial charge is 0.315 e. The molecule has 2 aliphatic heterocycles. The first-order valence-electron chi connectivity index (χ1n) is 35.9. The average molecular weight is 1540 g/mol. The van der Waals surface area contributed by atoms with Gasteiger partial charge in [-0.2, -0.15) is 11.8 Å². The van der Waals surface area contributed by atoms with Gasteiger partial charge in [0, 0.05) is 43.6 Å². The predicted octanol–water partition coefficient (Wildman–Crippen LogP) is -9.01. The number of carbonyl (C=O) groups is 13. The lowest BCUT2D eigenvalue weighted by atomic mass is 10.0. The SMILES string of the molecule is CC(C)C[C@H](NC(=O)[C@H](CO)NC(=O)[C@H](CO)NC(=O)[C@H](CC(C)C)NC(=O)[C@H](CCCN=C(N)N)NC(=O)[C@H](CCCN=C(N)N)NC(=O)[C@H](CCCN=C(N)N)NC(=O)[C@H](CCCCN)NC(=O)[C@H](C)NC(=O)CCCC[C@@H]1SC[C@@H]2NC(=O)N[C@@H]21)C(=O)N[C@@H](CCCN=C(N)N)C(=O)N[C@@H](C)C(N)=O. The molecule has 0 unspecified atom stereocenters. The van der Waals surface area contributed by atoms with Crippen molar-refractivity contribution in [2.45, 2.75) is 234 Å². The van der Waals surface area contributed by atoms with Crippen LogP contribution in [-0.4, -0.2) is 246 Å². The summed E-state index contributed by atoms with van der Waals surface area (Å²) in [6.07, 6.45) is 2.55. The first kappa shape index (κ1) is 93.3. The number of fused-ring (bicyclic) bond motifs is 1. The third-order valence-electron chi connectivity index (χ3n) is 16.8. The summed E-state index contributed by atoms with van der Waals surface area (Å²) >= 11 is 1.76. The van der Waals surface area contributed by atoms with Crippen molar-refractivity contribution in [2.75, 3.05) is 51.7 Å². The van der Waals surface area contributed by atoms with Gasteiger partial charge in [0.25, 0.3) is 0 Å². The van der Waals surface area contributed by atoms with E-state index in [1.54, 1.807) is 39.5 Å². The molecular weight excluding hydrogens is 1420 g/mol. The number of guanidine groups is 4. The van der Waals surface area contributed by atoms with E-state index in [0.717, 1.165) is 12.2 Å². The van der Waals surface area contributed by atoms with E-state index in [0.29, 0.717) is 25.7 Å². The number of amides is 14. The third kappa shape index (κ3) is 37.4. The fraction of sp³-hybridized carbons (Fsp3) is 0.734. The highest BCUT2D eigenvalue weighted by Crippen LogP contribution is 2.33. The molecule has 0 aromatic carbocycles. The summed E-state index contributed by atoms with van der Waals surface area (Å²) in [5, 5.41) is 55.0. The first-order chi connectivity index (χ1) is 50.5. The van der Waals surface area contributed by atoms with Gasteiger partial charge in [0.2, 0.25) is 70.9 Å². The van der Waals surface area contributed by atoms with Crippen molar-refractivity contribution in [1.82, 2.24) is 69.1 Å². The summed E-state index contributed by atoms with van der Waals surface area (Å²) in [6.45, 7) is 7.62. The normalized spacial score (nSPS) is 17.3. The summed E-state index contributed by atoms with van der Waals surface area (Å²) in [6, 6.07) is -16.0. The van der Waals surface area contributed by atoms with Crippen LogP contribution in [0.1, 0.15) is 151 Å². The van der Waals surface area contributed by atoms with Crippen LogP contribution < -0.4 is 126 Å². The second-order valence-corrected chi connectivity index (χ2v) is 28.3. The van der Waals surface area contributed by atoms with E-state index < -0.39 is 151 Å². The highest BCUT2D eigenvalue weighted by Gasteiger charge is 2.43. The highest BCUT2D eigenvalue weighted by molar-refractivity contribution is 8.00. The molecule has 2 heterocycles. The Morgan fingerprint density at radius 2 is 0.738 bits per heavy atom. The third-order valence-corrected chi connectivity index (χ3v) is 18.3. The van der Waals surface area contributed by atoms with Gasteiger partial charge in [-0.1, -0.05) is 34.1 Å². The van der Waals surface area contributed by atoms with E-state index in [1.165, 1.54) is 13.8 Å². The highest BCUT2D eigenvalue weighted by atomic mass is 32.2. The first-order valence-corrected chi connectivity index (χ1v) is 37.0. The molecule has 43 heteroatoms. The Hall–Kier alpha value is -9.78. The standard InChI is InChI=1S/C64H119N27O15S/c1-32(2)27-41(56(102)85-37(16-11-23-75-60(67)68)51(97)80-34(5)49(66)95)87-58(104)43(29-92)89-59(105)44(30-93)88-57(103)42(28-33(3)4)86-55(101)40(19-14-26-78-63(73)74)84-54(100)39(18-13-25-77-62(71)72)83-53(99)38(17-12-24-76-61(69)70)82-52(98)36(15-9-10-22-65)81-50(96)35(6)79-47(94)21-8-7-20-46-48-45(31-107-46)90-64(106)91-48/h32-46,48,92-93H,7-31,65H2,1-6H3,(H2,66,95)(H,79,94)(H,80,97)(H,81,96)(H,82,98)(H,83,99)(H,84,100)(H,85,102)(H,86,101)(H,87,104)(H,88,103)(H,89,105)(H4,67,68,75)(H4,69,70,76)(H4,71,72,77)(H4,73,74,78)(H2,90,91,106)/t34-,35-,36-,37-,38-,39-,40-,41-,42-,43-,44-,45-,46-,48-/m0/s1. The van der Waals surface area contributed by atoms with Crippen molar-refractivity contribution in [3.63, 3.8) is 0 Å². The number of nitrogens with zero attached hydrogens (tertiary/aromatic N) is 4. The van der Waals surface area contributed by atoms with Crippen LogP contribution in [0.2, 0.25) is 0 Å². The summed E-state index contributed by atoms with van der Waals surface area (Å²) in [4.78, 5) is 194. The van der Waals surface area contributed by atoms with Crippen molar-refractivity contribution in [1.29, 1.82) is 0 Å². The van der Waals surface area contributed by atoms with E-state index in [1.807, 2.05) is 0 Å². The van der Waals surface area contributed by atoms with Gasteiger partial charge in [0.05, 0.1) is 25.3 Å². The number of nitrogens with two attached hydrogens (primary N) is 10. The Kier molecular flexibility index (Phi) is 43.5. The Bertz CT molecular complexity index is 3060. The molecule has 0 aliphatic carbocycles. The van der Waals surface area contributed by atoms with Gasteiger partial charge in [0.15, 0.2) is 23.8 Å². The van der Waals surface area contributed by atoms with Gasteiger partial charge < -0.3 is 137 Å². The lowest BCUT2D eigenvalue weighted by Crippen LogP contribution is -2.61. The molecule has 606 valence electrons. The molecule has 0 bridgehead atoms. The molecule has 14 amide bonds. The minimum absolute atomic E-state index is 0.0126. The zero-order valence-corrected chi connectivity index (χ0v) is 62.9. The van der Waals surface area contributed by atoms with Gasteiger partial charge >= 0.3 is 6.03 Å². The second kappa shape index (κ2) is 49.9. The second-order valence-electron chi connectivity index (χ2n) is 27.0. The number of primary amides is 1. The van der Waals surface area contributed by atoms with E-state index in [-0.39, 0.29) is 169 Å². The average Bonchev–Trinajstić information content (AvgIpc) is 1.69. The van der Waals surface area contributed by atoms with Gasteiger partial charge in [-0.15, -0.1) is 0 Å². The quantitative estimate of drug-likeness (QED) is 0.0116. The van der Waals surface area contributed by atoms with Gasteiger partial charge in [-0.05, 0) is 129 Å². The molecule has 0 saturated carbocycles. The van der Waals surface area contributed by atoms with Crippen molar-refractivity contribution in [2.24, 2.45) is 89.1 Å². The number of aliphatic imine (C=N–C) groups is 4. The lowest BCUT2D eigenvalue weighted by molar-refractivity contribution is -0.137. The Labute approximate surface area is 627 Å². The van der Waals surface area contributed by atoms with Crippen LogP contribution in [0.15, 0.2) is 20.0 Å². The molecule has 2 saturated heterocycles. The van der Waals surface area contributed by atoms with Crippen LogP contribution in [0, 0.1) is 11.8 Å². The van der Waals surface area contributed by atoms with Crippen molar-refractivity contribution in [3.8, 4) is 0 Å². The number of hydrogen-bond donors (Lipinski definition) is 25. The van der Waals surface area contributed by atoms with Crippen LogP contribution in [0.25, 0.3) is 0 Å². The topological polar surface area (TPSA) is 728 Å². The number of unbranched alkanes of at least 4 members (excludes halogenated alkanes) is 2. The van der Waals surface area contributed by atoms with E-state index >= 15 is 0 Å². The molecule has 0 radical (unpaired) electrons. The van der Waals surface area contributed by atoms with E-state index in [2.05, 4.69) is 89.1 Å². The molecule has 35 N–H and O–H groups in total. The summed E-state index contributed by atoms with van der Waals surface area (Å²) in [7, 11) is 0. The zero-order valence-electron chi connectivity index (χ0n) is 62.1. The molecule has 2 fully saturated rings. The van der Waals surface area contributed by atoms with E-state index in [9.17, 15) is 72.5 Å². The largest absolute Gasteiger partial charge is 0.394 e. The number of carbonyl (C=O) groups excluding carboxylic acids is 13.